The lowest BCUT2D eigenvalue weighted by Gasteiger charge is -2.07. The van der Waals surface area contributed by atoms with Crippen LogP contribution in [0.4, 0.5) is 0 Å². The summed E-state index contributed by atoms with van der Waals surface area (Å²) >= 11 is 0. The van der Waals surface area contributed by atoms with Gasteiger partial charge in [0.1, 0.15) is 5.75 Å². The fraction of sp³-hybridized carbons (Fsp3) is 0.632. The van der Waals surface area contributed by atoms with E-state index in [9.17, 15) is 4.79 Å². The summed E-state index contributed by atoms with van der Waals surface area (Å²) in [5.41, 5.74) is 0.697. The molecule has 1 aromatic rings. The number of amides is 1. The first-order valence-electron chi connectivity index (χ1n) is 8.79. The van der Waals surface area contributed by atoms with Gasteiger partial charge in [0.2, 0.25) is 0 Å². The van der Waals surface area contributed by atoms with E-state index < -0.39 is 0 Å². The molecule has 0 spiro atoms. The SMILES string of the molecule is CCCCCCCCCCNC(=O)c1ccc(OCC)cc1. The lowest BCUT2D eigenvalue weighted by atomic mass is 10.1. The zero-order valence-corrected chi connectivity index (χ0v) is 14.2. The highest BCUT2D eigenvalue weighted by atomic mass is 16.5. The molecule has 1 aromatic carbocycles. The highest BCUT2D eigenvalue weighted by Gasteiger charge is 2.04. The number of carbonyl (C=O) groups excluding carboxylic acids is 1. The van der Waals surface area contributed by atoms with Crippen molar-refractivity contribution in [1.82, 2.24) is 5.32 Å². The number of hydrogen-bond acceptors (Lipinski definition) is 2. The van der Waals surface area contributed by atoms with Gasteiger partial charge in [0, 0.05) is 12.1 Å². The zero-order chi connectivity index (χ0) is 16.0. The van der Waals surface area contributed by atoms with Gasteiger partial charge in [0.15, 0.2) is 0 Å². The number of nitrogens with one attached hydrogen (secondary N) is 1. The molecule has 0 heterocycles. The number of ether oxygens (including phenoxy) is 1. The molecule has 0 aliphatic heterocycles. The van der Waals surface area contributed by atoms with Crippen molar-refractivity contribution in [1.29, 1.82) is 0 Å². The summed E-state index contributed by atoms with van der Waals surface area (Å²) < 4.78 is 5.37. The highest BCUT2D eigenvalue weighted by Crippen LogP contribution is 2.12. The van der Waals surface area contributed by atoms with Crippen LogP contribution in [0.5, 0.6) is 5.75 Å². The summed E-state index contributed by atoms with van der Waals surface area (Å²) in [5, 5.41) is 2.98. The van der Waals surface area contributed by atoms with E-state index in [2.05, 4.69) is 12.2 Å². The van der Waals surface area contributed by atoms with Gasteiger partial charge in [0.05, 0.1) is 6.61 Å². The Bertz CT molecular complexity index is 400. The summed E-state index contributed by atoms with van der Waals surface area (Å²) in [6.45, 7) is 5.60. The van der Waals surface area contributed by atoms with Crippen LogP contribution in [-0.4, -0.2) is 19.1 Å². The smallest absolute Gasteiger partial charge is 0.251 e. The predicted molar refractivity (Wildman–Crippen MR) is 92.6 cm³/mol. The molecule has 0 unspecified atom stereocenters. The number of unbranched alkanes of at least 4 members (excludes halogenated alkanes) is 7. The Hall–Kier alpha value is -1.51. The maximum atomic E-state index is 12.0. The van der Waals surface area contributed by atoms with Gasteiger partial charge in [-0.1, -0.05) is 51.9 Å². The molecule has 1 N–H and O–H groups in total. The van der Waals surface area contributed by atoms with Crippen LogP contribution >= 0.6 is 0 Å². The fourth-order valence-corrected chi connectivity index (χ4v) is 2.43. The molecule has 0 aromatic heterocycles. The third-order valence-electron chi connectivity index (χ3n) is 3.74. The van der Waals surface area contributed by atoms with Crippen molar-refractivity contribution in [2.24, 2.45) is 0 Å². The normalized spacial score (nSPS) is 10.5. The van der Waals surface area contributed by atoms with E-state index in [1.54, 1.807) is 0 Å². The second-order valence-electron chi connectivity index (χ2n) is 5.69. The number of carbonyl (C=O) groups is 1. The molecular weight excluding hydrogens is 274 g/mol. The maximum Gasteiger partial charge on any atom is 0.251 e. The van der Waals surface area contributed by atoms with Gasteiger partial charge in [-0.05, 0) is 37.6 Å². The van der Waals surface area contributed by atoms with Gasteiger partial charge < -0.3 is 10.1 Å². The number of hydrogen-bond donors (Lipinski definition) is 1. The minimum absolute atomic E-state index is 0.00555. The van der Waals surface area contributed by atoms with E-state index in [1.807, 2.05) is 31.2 Å². The molecule has 0 atom stereocenters. The Labute approximate surface area is 135 Å². The second-order valence-corrected chi connectivity index (χ2v) is 5.69. The molecule has 0 fully saturated rings. The van der Waals surface area contributed by atoms with E-state index >= 15 is 0 Å². The Morgan fingerprint density at radius 1 is 0.909 bits per heavy atom. The van der Waals surface area contributed by atoms with Crippen molar-refractivity contribution >= 4 is 5.91 Å². The third kappa shape index (κ3) is 8.06. The Morgan fingerprint density at radius 3 is 2.09 bits per heavy atom. The van der Waals surface area contributed by atoms with Crippen LogP contribution in [0.1, 0.15) is 75.6 Å². The molecule has 1 amide bonds. The molecule has 22 heavy (non-hydrogen) atoms. The average Bonchev–Trinajstić information content (AvgIpc) is 2.54. The van der Waals surface area contributed by atoms with Crippen molar-refractivity contribution in [2.45, 2.75) is 65.2 Å². The standard InChI is InChI=1S/C19H31NO2/c1-3-5-6-7-8-9-10-11-16-20-19(21)17-12-14-18(15-13-17)22-4-2/h12-15H,3-11,16H2,1-2H3,(H,20,21). The molecule has 1 rings (SSSR count). The first kappa shape index (κ1) is 18.5. The quantitative estimate of drug-likeness (QED) is 0.554. The third-order valence-corrected chi connectivity index (χ3v) is 3.74. The van der Waals surface area contributed by atoms with E-state index in [1.165, 1.54) is 44.9 Å². The monoisotopic (exact) mass is 305 g/mol. The van der Waals surface area contributed by atoms with Crippen molar-refractivity contribution in [3.05, 3.63) is 29.8 Å². The lowest BCUT2D eigenvalue weighted by molar-refractivity contribution is 0.0953. The molecule has 0 bridgehead atoms. The van der Waals surface area contributed by atoms with Crippen LogP contribution in [0.3, 0.4) is 0 Å². The minimum Gasteiger partial charge on any atom is -0.494 e. The first-order chi connectivity index (χ1) is 10.8. The average molecular weight is 305 g/mol. The second kappa shape index (κ2) is 12.1. The number of rotatable bonds is 12. The fourth-order valence-electron chi connectivity index (χ4n) is 2.43. The van der Waals surface area contributed by atoms with Gasteiger partial charge in [-0.2, -0.15) is 0 Å². The number of benzene rings is 1. The van der Waals surface area contributed by atoms with Crippen LogP contribution in [-0.2, 0) is 0 Å². The van der Waals surface area contributed by atoms with Crippen molar-refractivity contribution in [3.63, 3.8) is 0 Å². The minimum atomic E-state index is 0.00555. The summed E-state index contributed by atoms with van der Waals surface area (Å²) in [7, 11) is 0. The first-order valence-corrected chi connectivity index (χ1v) is 8.79. The molecule has 0 radical (unpaired) electrons. The molecule has 3 nitrogen and oxygen atoms in total. The van der Waals surface area contributed by atoms with Gasteiger partial charge >= 0.3 is 0 Å². The lowest BCUT2D eigenvalue weighted by Crippen LogP contribution is -2.24. The zero-order valence-electron chi connectivity index (χ0n) is 14.2. The van der Waals surface area contributed by atoms with Gasteiger partial charge in [-0.15, -0.1) is 0 Å². The topological polar surface area (TPSA) is 38.3 Å². The van der Waals surface area contributed by atoms with Crippen LogP contribution in [0.2, 0.25) is 0 Å². The van der Waals surface area contributed by atoms with Crippen LogP contribution in [0.15, 0.2) is 24.3 Å². The summed E-state index contributed by atoms with van der Waals surface area (Å²) in [5.74, 6) is 0.813. The van der Waals surface area contributed by atoms with Crippen molar-refractivity contribution < 1.29 is 9.53 Å². The Kier molecular flexibility index (Phi) is 10.2. The molecule has 0 aliphatic carbocycles. The summed E-state index contributed by atoms with van der Waals surface area (Å²) in [6, 6.07) is 7.31. The van der Waals surface area contributed by atoms with Gasteiger partial charge in [0.25, 0.3) is 5.91 Å². The van der Waals surface area contributed by atoms with Crippen molar-refractivity contribution in [2.75, 3.05) is 13.2 Å². The molecule has 3 heteroatoms. The largest absolute Gasteiger partial charge is 0.494 e. The molecule has 0 saturated carbocycles. The van der Waals surface area contributed by atoms with E-state index in [0.29, 0.717) is 12.2 Å². The van der Waals surface area contributed by atoms with E-state index in [-0.39, 0.29) is 5.91 Å². The summed E-state index contributed by atoms with van der Waals surface area (Å²) in [6.07, 6.45) is 10.3. The van der Waals surface area contributed by atoms with Crippen LogP contribution in [0, 0.1) is 0 Å². The van der Waals surface area contributed by atoms with Gasteiger partial charge in [-0.25, -0.2) is 0 Å². The molecular formula is C19H31NO2. The van der Waals surface area contributed by atoms with E-state index in [4.69, 9.17) is 4.74 Å². The predicted octanol–water partition coefficient (Wildman–Crippen LogP) is 4.96. The van der Waals surface area contributed by atoms with E-state index in [0.717, 1.165) is 18.7 Å². The van der Waals surface area contributed by atoms with Gasteiger partial charge in [-0.3, -0.25) is 4.79 Å². The maximum absolute atomic E-state index is 12.0. The molecule has 124 valence electrons. The Balaban J connectivity index is 2.08. The summed E-state index contributed by atoms with van der Waals surface area (Å²) in [4.78, 5) is 12.0. The van der Waals surface area contributed by atoms with Crippen LogP contribution in [0.25, 0.3) is 0 Å². The highest BCUT2D eigenvalue weighted by molar-refractivity contribution is 5.94. The van der Waals surface area contributed by atoms with Crippen LogP contribution < -0.4 is 10.1 Å². The Morgan fingerprint density at radius 2 is 1.50 bits per heavy atom. The molecule has 0 saturated heterocycles. The van der Waals surface area contributed by atoms with Crippen molar-refractivity contribution in [3.8, 4) is 5.75 Å². The molecule has 0 aliphatic rings.